The van der Waals surface area contributed by atoms with E-state index in [1.54, 1.807) is 6.07 Å². The van der Waals surface area contributed by atoms with Crippen molar-refractivity contribution >= 4 is 5.91 Å². The molecule has 1 aliphatic heterocycles. The third kappa shape index (κ3) is 3.19. The highest BCUT2D eigenvalue weighted by atomic mass is 16.5. The van der Waals surface area contributed by atoms with Crippen molar-refractivity contribution in [2.45, 2.75) is 25.9 Å². The number of hydrogen-bond donors (Lipinski definition) is 1. The number of ether oxygens (including phenoxy) is 2. The Hall–Kier alpha value is -2.15. The molecule has 4 nitrogen and oxygen atoms in total. The molecule has 0 radical (unpaired) electrons. The molecular formula is C15H17NO3. The molecule has 1 amide bonds. The van der Waals surface area contributed by atoms with Crippen molar-refractivity contribution in [2.75, 3.05) is 13.2 Å². The molecule has 1 aromatic rings. The second-order valence-corrected chi connectivity index (χ2v) is 5.05. The molecule has 2 rings (SSSR count). The largest absolute Gasteiger partial charge is 0.483 e. The second-order valence-electron chi connectivity index (χ2n) is 5.05. The average Bonchev–Trinajstić information content (AvgIpc) is 2.68. The topological polar surface area (TPSA) is 47.6 Å². The van der Waals surface area contributed by atoms with Gasteiger partial charge in [-0.25, -0.2) is 0 Å². The van der Waals surface area contributed by atoms with Crippen LogP contribution < -0.4 is 14.8 Å². The molecule has 0 fully saturated rings. The summed E-state index contributed by atoms with van der Waals surface area (Å²) in [4.78, 5) is 11.4. The molecule has 100 valence electrons. The van der Waals surface area contributed by atoms with Gasteiger partial charge in [0.05, 0.1) is 6.54 Å². The van der Waals surface area contributed by atoms with Crippen molar-refractivity contribution in [3.63, 3.8) is 0 Å². The van der Waals surface area contributed by atoms with Crippen LogP contribution in [0, 0.1) is 12.3 Å². The number of nitrogens with one attached hydrogen (secondary N) is 1. The maximum atomic E-state index is 11.4. The Kier molecular flexibility index (Phi) is 3.66. The Morgan fingerprint density at radius 2 is 2.37 bits per heavy atom. The predicted octanol–water partition coefficient (Wildman–Crippen LogP) is 1.53. The minimum atomic E-state index is -0.243. The summed E-state index contributed by atoms with van der Waals surface area (Å²) < 4.78 is 11.3. The van der Waals surface area contributed by atoms with Crippen LogP contribution in [0.4, 0.5) is 0 Å². The van der Waals surface area contributed by atoms with Crippen LogP contribution in [-0.2, 0) is 11.2 Å². The summed E-state index contributed by atoms with van der Waals surface area (Å²) in [5.41, 5.74) is 0.875. The van der Waals surface area contributed by atoms with Crippen LogP contribution in [0.3, 0.4) is 0 Å². The van der Waals surface area contributed by atoms with Gasteiger partial charge in [-0.15, -0.1) is 6.42 Å². The third-order valence-corrected chi connectivity index (χ3v) is 2.80. The van der Waals surface area contributed by atoms with Crippen LogP contribution in [-0.4, -0.2) is 24.7 Å². The molecule has 1 aromatic carbocycles. The van der Waals surface area contributed by atoms with Crippen LogP contribution in [0.25, 0.3) is 0 Å². The van der Waals surface area contributed by atoms with Gasteiger partial charge < -0.3 is 14.8 Å². The van der Waals surface area contributed by atoms with Gasteiger partial charge in [-0.3, -0.25) is 4.79 Å². The molecule has 0 saturated carbocycles. The number of fused-ring (bicyclic) bond motifs is 1. The monoisotopic (exact) mass is 259 g/mol. The Balaban J connectivity index is 2.02. The van der Waals surface area contributed by atoms with Crippen molar-refractivity contribution in [3.05, 3.63) is 23.8 Å². The van der Waals surface area contributed by atoms with E-state index in [9.17, 15) is 4.79 Å². The van der Waals surface area contributed by atoms with E-state index in [1.807, 2.05) is 26.0 Å². The SMILES string of the molecule is C#CCNC(=O)COc1cccc2c1OC(C)(C)C2. The third-order valence-electron chi connectivity index (χ3n) is 2.80. The Morgan fingerprint density at radius 3 is 3.11 bits per heavy atom. The van der Waals surface area contributed by atoms with E-state index in [1.165, 1.54) is 0 Å². The van der Waals surface area contributed by atoms with Gasteiger partial charge in [0.25, 0.3) is 5.91 Å². The Labute approximate surface area is 113 Å². The minimum absolute atomic E-state index is 0.0675. The van der Waals surface area contributed by atoms with Crippen LogP contribution in [0.15, 0.2) is 18.2 Å². The molecule has 0 spiro atoms. The van der Waals surface area contributed by atoms with Crippen molar-refractivity contribution < 1.29 is 14.3 Å². The van der Waals surface area contributed by atoms with E-state index in [4.69, 9.17) is 15.9 Å². The lowest BCUT2D eigenvalue weighted by molar-refractivity contribution is -0.122. The first-order chi connectivity index (χ1) is 9.02. The number of carbonyl (C=O) groups is 1. The Morgan fingerprint density at radius 1 is 1.58 bits per heavy atom. The standard InChI is InChI=1S/C15H17NO3/c1-4-8-16-13(17)10-18-12-7-5-6-11-9-15(2,3)19-14(11)12/h1,5-7H,8-10H2,2-3H3,(H,16,17). The first kappa shape index (κ1) is 13.3. The number of terminal acetylenes is 1. The zero-order chi connectivity index (χ0) is 13.9. The van der Waals surface area contributed by atoms with Crippen molar-refractivity contribution in [1.82, 2.24) is 5.32 Å². The summed E-state index contributed by atoms with van der Waals surface area (Å²) in [6.45, 7) is 4.19. The number of benzene rings is 1. The van der Waals surface area contributed by atoms with Gasteiger partial charge in [-0.1, -0.05) is 18.1 Å². The van der Waals surface area contributed by atoms with E-state index in [-0.39, 0.29) is 24.7 Å². The van der Waals surface area contributed by atoms with Gasteiger partial charge >= 0.3 is 0 Å². The van der Waals surface area contributed by atoms with Gasteiger partial charge in [-0.05, 0) is 19.9 Å². The molecule has 4 heteroatoms. The Bertz CT molecular complexity index is 529. The van der Waals surface area contributed by atoms with E-state index in [0.717, 1.165) is 17.7 Å². The highest BCUT2D eigenvalue weighted by Crippen LogP contribution is 2.41. The quantitative estimate of drug-likeness (QED) is 0.834. The number of amides is 1. The van der Waals surface area contributed by atoms with Crippen LogP contribution >= 0.6 is 0 Å². The lowest BCUT2D eigenvalue weighted by Crippen LogP contribution is -2.29. The second kappa shape index (κ2) is 5.23. The fourth-order valence-electron chi connectivity index (χ4n) is 2.04. The van der Waals surface area contributed by atoms with Crippen molar-refractivity contribution in [1.29, 1.82) is 0 Å². The van der Waals surface area contributed by atoms with E-state index in [0.29, 0.717) is 5.75 Å². The summed E-state index contributed by atoms with van der Waals surface area (Å²) in [5.74, 6) is 3.42. The van der Waals surface area contributed by atoms with E-state index < -0.39 is 0 Å². The van der Waals surface area contributed by atoms with Gasteiger partial charge in [-0.2, -0.15) is 0 Å². The molecule has 0 saturated heterocycles. The predicted molar refractivity (Wildman–Crippen MR) is 72.2 cm³/mol. The minimum Gasteiger partial charge on any atom is -0.483 e. The maximum absolute atomic E-state index is 11.4. The summed E-state index contributed by atoms with van der Waals surface area (Å²) in [5, 5.41) is 2.55. The first-order valence-corrected chi connectivity index (χ1v) is 6.16. The molecule has 1 aliphatic rings. The normalized spacial score (nSPS) is 15.0. The molecule has 0 bridgehead atoms. The highest BCUT2D eigenvalue weighted by Gasteiger charge is 2.32. The van der Waals surface area contributed by atoms with Crippen LogP contribution in [0.5, 0.6) is 11.5 Å². The zero-order valence-electron chi connectivity index (χ0n) is 11.2. The summed E-state index contributed by atoms with van der Waals surface area (Å²) in [6.07, 6.45) is 5.90. The summed E-state index contributed by atoms with van der Waals surface area (Å²) in [6, 6.07) is 5.71. The van der Waals surface area contributed by atoms with E-state index >= 15 is 0 Å². The highest BCUT2D eigenvalue weighted by molar-refractivity contribution is 5.77. The molecule has 19 heavy (non-hydrogen) atoms. The molecule has 0 atom stereocenters. The van der Waals surface area contributed by atoms with Gasteiger partial charge in [0.2, 0.25) is 0 Å². The molecule has 0 aromatic heterocycles. The number of carbonyl (C=O) groups excluding carboxylic acids is 1. The fourth-order valence-corrected chi connectivity index (χ4v) is 2.04. The van der Waals surface area contributed by atoms with Crippen molar-refractivity contribution in [3.8, 4) is 23.8 Å². The smallest absolute Gasteiger partial charge is 0.258 e. The lowest BCUT2D eigenvalue weighted by Gasteiger charge is -2.18. The van der Waals surface area contributed by atoms with Crippen molar-refractivity contribution in [2.24, 2.45) is 0 Å². The lowest BCUT2D eigenvalue weighted by atomic mass is 10.0. The summed E-state index contributed by atoms with van der Waals surface area (Å²) in [7, 11) is 0. The number of rotatable bonds is 4. The van der Waals surface area contributed by atoms with Crippen LogP contribution in [0.2, 0.25) is 0 Å². The van der Waals surface area contributed by atoms with Gasteiger partial charge in [0.15, 0.2) is 18.1 Å². The molecule has 0 unspecified atom stereocenters. The maximum Gasteiger partial charge on any atom is 0.258 e. The molecular weight excluding hydrogens is 242 g/mol. The first-order valence-electron chi connectivity index (χ1n) is 6.16. The summed E-state index contributed by atoms with van der Waals surface area (Å²) >= 11 is 0. The molecule has 1 N–H and O–H groups in total. The molecule has 0 aliphatic carbocycles. The zero-order valence-corrected chi connectivity index (χ0v) is 11.2. The molecule has 1 heterocycles. The van der Waals surface area contributed by atoms with Gasteiger partial charge in [0.1, 0.15) is 5.60 Å². The van der Waals surface area contributed by atoms with Gasteiger partial charge in [0, 0.05) is 12.0 Å². The van der Waals surface area contributed by atoms with E-state index in [2.05, 4.69) is 11.2 Å². The number of para-hydroxylation sites is 1. The average molecular weight is 259 g/mol. The number of hydrogen-bond acceptors (Lipinski definition) is 3. The fraction of sp³-hybridized carbons (Fsp3) is 0.400. The van der Waals surface area contributed by atoms with Crippen LogP contribution in [0.1, 0.15) is 19.4 Å².